The molecule has 0 saturated heterocycles. The Bertz CT molecular complexity index is 2580. The maximum atomic E-state index is 9.64. The van der Waals surface area contributed by atoms with E-state index in [1.807, 2.05) is 36.4 Å². The van der Waals surface area contributed by atoms with Crippen molar-refractivity contribution in [2.75, 3.05) is 0 Å². The van der Waals surface area contributed by atoms with Gasteiger partial charge in [-0.05, 0) is 89.0 Å². The summed E-state index contributed by atoms with van der Waals surface area (Å²) < 4.78 is 4.63. The molecule has 0 saturated carbocycles. The summed E-state index contributed by atoms with van der Waals surface area (Å²) in [6.07, 6.45) is 0. The Hall–Kier alpha value is -6.10. The van der Waals surface area contributed by atoms with Gasteiger partial charge in [0.2, 0.25) is 0 Å². The van der Waals surface area contributed by atoms with Gasteiger partial charge in [-0.25, -0.2) is 0 Å². The summed E-state index contributed by atoms with van der Waals surface area (Å²) in [5.74, 6) is 0. The van der Waals surface area contributed by atoms with E-state index in [-0.39, 0.29) is 5.41 Å². The first-order valence-corrected chi connectivity index (χ1v) is 15.2. The minimum atomic E-state index is -0.129. The second kappa shape index (κ2) is 8.96. The van der Waals surface area contributed by atoms with Gasteiger partial charge in [-0.15, -0.1) is 0 Å². The molecule has 2 aromatic heterocycles. The van der Waals surface area contributed by atoms with E-state index in [0.717, 1.165) is 33.2 Å². The standard InChI is InChI=1S/C41H26N4/c1-41(2)34-12-5-3-10-29(34)30-16-19-38-39(40(30)41)31-11-4-6-13-35(31)45(38)28-9-7-8-27(22-28)44-36-17-14-25(23-42)20-32(36)33-21-26(24-43)15-18-37(33)44/h3-22H,1-2H3. The first kappa shape index (κ1) is 25.4. The number of hydrogen-bond donors (Lipinski definition) is 0. The van der Waals surface area contributed by atoms with Gasteiger partial charge in [-0.2, -0.15) is 10.5 Å². The average molecular weight is 575 g/mol. The highest BCUT2D eigenvalue weighted by Gasteiger charge is 2.38. The van der Waals surface area contributed by atoms with Crippen LogP contribution in [0.3, 0.4) is 0 Å². The molecule has 0 bridgehead atoms. The smallest absolute Gasteiger partial charge is 0.0991 e. The molecule has 0 amide bonds. The van der Waals surface area contributed by atoms with Crippen LogP contribution in [-0.2, 0) is 5.41 Å². The molecule has 0 unspecified atom stereocenters. The van der Waals surface area contributed by atoms with E-state index in [0.29, 0.717) is 11.1 Å². The molecule has 0 spiro atoms. The number of para-hydroxylation sites is 1. The molecule has 2 heterocycles. The van der Waals surface area contributed by atoms with Crippen molar-refractivity contribution in [1.82, 2.24) is 9.13 Å². The fourth-order valence-corrected chi connectivity index (χ4v) is 7.82. The topological polar surface area (TPSA) is 57.4 Å². The third-order valence-electron chi connectivity index (χ3n) is 9.72. The van der Waals surface area contributed by atoms with Crippen molar-refractivity contribution in [3.05, 3.63) is 144 Å². The quantitative estimate of drug-likeness (QED) is 0.206. The molecule has 210 valence electrons. The summed E-state index contributed by atoms with van der Waals surface area (Å²) in [6.45, 7) is 4.70. The second-order valence-corrected chi connectivity index (χ2v) is 12.4. The van der Waals surface area contributed by atoms with Crippen LogP contribution in [0.4, 0.5) is 0 Å². The normalized spacial score (nSPS) is 13.2. The van der Waals surface area contributed by atoms with Crippen molar-refractivity contribution in [3.8, 4) is 34.6 Å². The summed E-state index contributed by atoms with van der Waals surface area (Å²) in [5.41, 5.74) is 12.9. The highest BCUT2D eigenvalue weighted by molar-refractivity contribution is 6.14. The molecule has 0 atom stereocenters. The largest absolute Gasteiger partial charge is 0.309 e. The van der Waals surface area contributed by atoms with Crippen LogP contribution >= 0.6 is 0 Å². The molecule has 6 aromatic carbocycles. The maximum Gasteiger partial charge on any atom is 0.0991 e. The lowest BCUT2D eigenvalue weighted by Gasteiger charge is -2.22. The Kier molecular flexibility index (Phi) is 5.06. The van der Waals surface area contributed by atoms with E-state index in [1.165, 1.54) is 44.1 Å². The maximum absolute atomic E-state index is 9.64. The number of nitrogens with zero attached hydrogens (tertiary/aromatic N) is 4. The molecule has 0 aliphatic heterocycles. The first-order valence-electron chi connectivity index (χ1n) is 15.2. The van der Waals surface area contributed by atoms with Crippen molar-refractivity contribution in [2.24, 2.45) is 0 Å². The van der Waals surface area contributed by atoms with E-state index in [2.05, 4.69) is 120 Å². The van der Waals surface area contributed by atoms with Crippen LogP contribution in [0.2, 0.25) is 0 Å². The molecule has 0 radical (unpaired) electrons. The molecule has 1 aliphatic carbocycles. The van der Waals surface area contributed by atoms with Crippen LogP contribution in [0.1, 0.15) is 36.1 Å². The van der Waals surface area contributed by atoms with Gasteiger partial charge in [0.15, 0.2) is 0 Å². The molecule has 4 nitrogen and oxygen atoms in total. The fourth-order valence-electron chi connectivity index (χ4n) is 7.82. The Morgan fingerprint density at radius 2 is 1.09 bits per heavy atom. The summed E-state index contributed by atoms with van der Waals surface area (Å²) in [6, 6.07) is 46.9. The highest BCUT2D eigenvalue weighted by atomic mass is 15.0. The van der Waals surface area contributed by atoms with Crippen molar-refractivity contribution in [1.29, 1.82) is 10.5 Å². The molecule has 1 aliphatic rings. The van der Waals surface area contributed by atoms with Crippen molar-refractivity contribution >= 4 is 43.6 Å². The molecule has 45 heavy (non-hydrogen) atoms. The molecular formula is C41H26N4. The lowest BCUT2D eigenvalue weighted by atomic mass is 9.80. The molecular weight excluding hydrogens is 548 g/mol. The fraction of sp³-hybridized carbons (Fsp3) is 0.0732. The van der Waals surface area contributed by atoms with Gasteiger partial charge in [0.05, 0.1) is 45.3 Å². The molecule has 9 rings (SSSR count). The number of rotatable bonds is 2. The minimum Gasteiger partial charge on any atom is -0.309 e. The third kappa shape index (κ3) is 3.34. The second-order valence-electron chi connectivity index (χ2n) is 12.4. The number of hydrogen-bond acceptors (Lipinski definition) is 2. The molecule has 4 heteroatoms. The lowest BCUT2D eigenvalue weighted by Crippen LogP contribution is -2.15. The zero-order valence-electron chi connectivity index (χ0n) is 24.8. The van der Waals surface area contributed by atoms with Crippen LogP contribution in [-0.4, -0.2) is 9.13 Å². The van der Waals surface area contributed by atoms with Gasteiger partial charge in [0.25, 0.3) is 0 Å². The van der Waals surface area contributed by atoms with Crippen molar-refractivity contribution < 1.29 is 0 Å². The van der Waals surface area contributed by atoms with Gasteiger partial charge in [0.1, 0.15) is 0 Å². The Labute approximate surface area is 260 Å². The van der Waals surface area contributed by atoms with Crippen LogP contribution in [0.25, 0.3) is 66.1 Å². The third-order valence-corrected chi connectivity index (χ3v) is 9.72. The molecule has 8 aromatic rings. The van der Waals surface area contributed by atoms with E-state index in [1.54, 1.807) is 0 Å². The molecule has 0 N–H and O–H groups in total. The zero-order valence-corrected chi connectivity index (χ0v) is 24.8. The van der Waals surface area contributed by atoms with E-state index >= 15 is 0 Å². The van der Waals surface area contributed by atoms with Crippen LogP contribution in [0.5, 0.6) is 0 Å². The predicted octanol–water partition coefficient (Wildman–Crippen LogP) is 9.93. The van der Waals surface area contributed by atoms with Crippen LogP contribution < -0.4 is 0 Å². The first-order chi connectivity index (χ1) is 22.0. The number of fused-ring (bicyclic) bond motifs is 10. The van der Waals surface area contributed by atoms with Gasteiger partial charge in [0, 0.05) is 38.3 Å². The van der Waals surface area contributed by atoms with Gasteiger partial charge in [-0.3, -0.25) is 0 Å². The number of benzene rings is 6. The summed E-state index contributed by atoms with van der Waals surface area (Å²) in [7, 11) is 0. The van der Waals surface area contributed by atoms with E-state index in [9.17, 15) is 10.5 Å². The lowest BCUT2D eigenvalue weighted by molar-refractivity contribution is 0.666. The van der Waals surface area contributed by atoms with Crippen molar-refractivity contribution in [3.63, 3.8) is 0 Å². The van der Waals surface area contributed by atoms with E-state index in [4.69, 9.17) is 0 Å². The van der Waals surface area contributed by atoms with Gasteiger partial charge >= 0.3 is 0 Å². The van der Waals surface area contributed by atoms with Gasteiger partial charge in [-0.1, -0.05) is 68.4 Å². The van der Waals surface area contributed by atoms with Crippen molar-refractivity contribution in [2.45, 2.75) is 19.3 Å². The zero-order chi connectivity index (χ0) is 30.4. The Morgan fingerprint density at radius 1 is 0.511 bits per heavy atom. The monoisotopic (exact) mass is 574 g/mol. The van der Waals surface area contributed by atoms with Crippen LogP contribution in [0.15, 0.2) is 121 Å². The number of aromatic nitrogens is 2. The SMILES string of the molecule is CC1(C)c2ccccc2-c2ccc3c(c21)c1ccccc1n3-c1cccc(-n2c3ccc(C#N)cc3c3cc(C#N)ccc32)c1. The Morgan fingerprint density at radius 3 is 1.78 bits per heavy atom. The minimum absolute atomic E-state index is 0.129. The predicted molar refractivity (Wildman–Crippen MR) is 182 cm³/mol. The average Bonchev–Trinajstić information content (AvgIpc) is 3.67. The molecule has 0 fully saturated rings. The Balaban J connectivity index is 1.33. The highest BCUT2D eigenvalue weighted by Crippen LogP contribution is 2.53. The number of nitriles is 2. The van der Waals surface area contributed by atoms with Crippen LogP contribution in [0, 0.1) is 22.7 Å². The summed E-state index contributed by atoms with van der Waals surface area (Å²) in [4.78, 5) is 0. The summed E-state index contributed by atoms with van der Waals surface area (Å²) >= 11 is 0. The van der Waals surface area contributed by atoms with Gasteiger partial charge < -0.3 is 9.13 Å². The van der Waals surface area contributed by atoms with E-state index < -0.39 is 0 Å². The summed E-state index contributed by atoms with van der Waals surface area (Å²) in [5, 5.41) is 23.8.